The van der Waals surface area contributed by atoms with E-state index in [0.717, 1.165) is 0 Å². The summed E-state index contributed by atoms with van der Waals surface area (Å²) in [6.45, 7) is 0.0411. The molecule has 4 rings (SSSR count). The molecule has 1 amide bonds. The van der Waals surface area contributed by atoms with Crippen molar-refractivity contribution in [2.24, 2.45) is 11.8 Å². The molecule has 3 aliphatic rings. The lowest BCUT2D eigenvalue weighted by atomic mass is 9.75. The van der Waals surface area contributed by atoms with Crippen molar-refractivity contribution in [2.45, 2.75) is 24.3 Å². The maximum Gasteiger partial charge on any atom is 0.329 e. The minimum absolute atomic E-state index is 0.0411. The van der Waals surface area contributed by atoms with Crippen LogP contribution in [0.4, 0.5) is 0 Å². The van der Waals surface area contributed by atoms with Crippen LogP contribution >= 0.6 is 11.6 Å². The molecule has 3 heterocycles. The Morgan fingerprint density at radius 2 is 1.88 bits per heavy atom. The molecule has 2 fully saturated rings. The number of amides is 1. The zero-order valence-electron chi connectivity index (χ0n) is 12.8. The third kappa shape index (κ3) is 2.12. The van der Waals surface area contributed by atoms with Crippen molar-refractivity contribution in [3.8, 4) is 0 Å². The van der Waals surface area contributed by atoms with Crippen LogP contribution < -0.4 is 0 Å². The molecular formula is C17H14ClNO6. The van der Waals surface area contributed by atoms with Gasteiger partial charge in [-0.3, -0.25) is 9.59 Å². The predicted molar refractivity (Wildman–Crippen MR) is 84.8 cm³/mol. The number of fused-ring (bicyclic) bond motifs is 1. The predicted octanol–water partition coefficient (Wildman–Crippen LogP) is 1.16. The maximum atomic E-state index is 12.9. The molecule has 2 N–H and O–H groups in total. The smallest absolute Gasteiger partial charge is 0.329 e. The van der Waals surface area contributed by atoms with Gasteiger partial charge in [-0.25, -0.2) is 4.79 Å². The molecule has 5 atom stereocenters. The molecule has 8 heteroatoms. The normalized spacial score (nSPS) is 35.2. The number of carbonyl (C=O) groups is 3. The van der Waals surface area contributed by atoms with Gasteiger partial charge >= 0.3 is 11.9 Å². The number of carbonyl (C=O) groups excluding carboxylic acids is 1. The van der Waals surface area contributed by atoms with Gasteiger partial charge < -0.3 is 19.8 Å². The summed E-state index contributed by atoms with van der Waals surface area (Å²) in [4.78, 5) is 37.7. The average Bonchev–Trinajstić information content (AvgIpc) is 3.17. The van der Waals surface area contributed by atoms with Gasteiger partial charge in [0.05, 0.1) is 12.0 Å². The molecule has 1 aromatic carbocycles. The van der Waals surface area contributed by atoms with Crippen molar-refractivity contribution in [2.75, 3.05) is 0 Å². The minimum Gasteiger partial charge on any atom is -0.481 e. The van der Waals surface area contributed by atoms with E-state index in [9.17, 15) is 24.6 Å². The highest BCUT2D eigenvalue weighted by Crippen LogP contribution is 2.55. The van der Waals surface area contributed by atoms with Gasteiger partial charge in [-0.2, -0.15) is 0 Å². The van der Waals surface area contributed by atoms with Gasteiger partial charge in [0.2, 0.25) is 5.91 Å². The molecule has 7 nitrogen and oxygen atoms in total. The molecule has 0 radical (unpaired) electrons. The van der Waals surface area contributed by atoms with Gasteiger partial charge in [-0.15, -0.1) is 0 Å². The SMILES string of the molecule is O=C(O)C1C2C=CC3(O2)C1C(=O)N(Cc1ccc(Cl)cc1)C3C(=O)O. The number of aliphatic carboxylic acids is 2. The lowest BCUT2D eigenvalue weighted by molar-refractivity contribution is -0.153. The third-order valence-corrected chi connectivity index (χ3v) is 5.41. The maximum absolute atomic E-state index is 12.9. The summed E-state index contributed by atoms with van der Waals surface area (Å²) in [6.07, 6.45) is 2.32. The van der Waals surface area contributed by atoms with Gasteiger partial charge in [-0.1, -0.05) is 35.9 Å². The highest BCUT2D eigenvalue weighted by atomic mass is 35.5. The molecule has 0 saturated carbocycles. The Morgan fingerprint density at radius 3 is 2.48 bits per heavy atom. The topological polar surface area (TPSA) is 104 Å². The first kappa shape index (κ1) is 16.1. The molecular weight excluding hydrogens is 350 g/mol. The molecule has 5 unspecified atom stereocenters. The summed E-state index contributed by atoms with van der Waals surface area (Å²) >= 11 is 5.85. The summed E-state index contributed by atoms with van der Waals surface area (Å²) in [7, 11) is 0. The number of hydrogen-bond acceptors (Lipinski definition) is 4. The lowest BCUT2D eigenvalue weighted by Crippen LogP contribution is -2.50. The first-order chi connectivity index (χ1) is 11.8. The third-order valence-electron chi connectivity index (χ3n) is 5.16. The van der Waals surface area contributed by atoms with Crippen LogP contribution in [0.3, 0.4) is 0 Å². The summed E-state index contributed by atoms with van der Waals surface area (Å²) in [5.41, 5.74) is -0.728. The Morgan fingerprint density at radius 1 is 1.20 bits per heavy atom. The molecule has 130 valence electrons. The molecule has 25 heavy (non-hydrogen) atoms. The quantitative estimate of drug-likeness (QED) is 0.778. The monoisotopic (exact) mass is 363 g/mol. The van der Waals surface area contributed by atoms with E-state index < -0.39 is 47.4 Å². The molecule has 1 aromatic rings. The van der Waals surface area contributed by atoms with E-state index in [1.807, 2.05) is 0 Å². The summed E-state index contributed by atoms with van der Waals surface area (Å²) in [5, 5.41) is 19.7. The van der Waals surface area contributed by atoms with Gasteiger partial charge in [0.25, 0.3) is 0 Å². The first-order valence-electron chi connectivity index (χ1n) is 7.73. The van der Waals surface area contributed by atoms with Crippen molar-refractivity contribution in [3.63, 3.8) is 0 Å². The van der Waals surface area contributed by atoms with Crippen LogP contribution in [0.1, 0.15) is 5.56 Å². The summed E-state index contributed by atoms with van der Waals surface area (Å²) in [5.74, 6) is -5.00. The van der Waals surface area contributed by atoms with Gasteiger partial charge in [-0.05, 0) is 17.7 Å². The number of ether oxygens (including phenoxy) is 1. The van der Waals surface area contributed by atoms with Crippen LogP contribution in [-0.4, -0.2) is 50.7 Å². The van der Waals surface area contributed by atoms with E-state index in [0.29, 0.717) is 10.6 Å². The number of benzene rings is 1. The van der Waals surface area contributed by atoms with E-state index in [4.69, 9.17) is 16.3 Å². The molecule has 1 spiro atoms. The molecule has 2 bridgehead atoms. The number of carboxylic acids is 2. The van der Waals surface area contributed by atoms with Crippen molar-refractivity contribution in [1.82, 2.24) is 4.90 Å². The van der Waals surface area contributed by atoms with Gasteiger partial charge in [0.15, 0.2) is 6.04 Å². The van der Waals surface area contributed by atoms with E-state index in [-0.39, 0.29) is 6.54 Å². The van der Waals surface area contributed by atoms with E-state index in [2.05, 4.69) is 0 Å². The molecule has 0 aromatic heterocycles. The summed E-state index contributed by atoms with van der Waals surface area (Å²) < 4.78 is 5.73. The minimum atomic E-state index is -1.43. The number of nitrogens with zero attached hydrogens (tertiary/aromatic N) is 1. The van der Waals surface area contributed by atoms with E-state index in [1.165, 1.54) is 4.90 Å². The van der Waals surface area contributed by atoms with Crippen molar-refractivity contribution >= 4 is 29.4 Å². The second-order valence-electron chi connectivity index (χ2n) is 6.47. The van der Waals surface area contributed by atoms with Crippen molar-refractivity contribution in [3.05, 3.63) is 47.0 Å². The Balaban J connectivity index is 1.74. The Kier molecular flexibility index (Phi) is 3.42. The average molecular weight is 364 g/mol. The second kappa shape index (κ2) is 5.31. The van der Waals surface area contributed by atoms with Crippen LogP contribution in [0.15, 0.2) is 36.4 Å². The number of rotatable bonds is 4. The van der Waals surface area contributed by atoms with E-state index in [1.54, 1.807) is 36.4 Å². The molecule has 2 saturated heterocycles. The zero-order chi connectivity index (χ0) is 17.9. The fourth-order valence-corrected chi connectivity index (χ4v) is 4.31. The Labute approximate surface area is 147 Å². The van der Waals surface area contributed by atoms with Crippen LogP contribution in [0, 0.1) is 11.8 Å². The number of carboxylic acid groups (broad SMARTS) is 2. The van der Waals surface area contributed by atoms with E-state index >= 15 is 0 Å². The van der Waals surface area contributed by atoms with Gasteiger partial charge in [0, 0.05) is 11.6 Å². The Hall–Kier alpha value is -2.38. The molecule has 3 aliphatic heterocycles. The molecule has 0 aliphatic carbocycles. The van der Waals surface area contributed by atoms with Crippen molar-refractivity contribution < 1.29 is 29.3 Å². The zero-order valence-corrected chi connectivity index (χ0v) is 13.6. The fraction of sp³-hybridized carbons (Fsp3) is 0.353. The first-order valence-corrected chi connectivity index (χ1v) is 8.10. The number of halogens is 1. The second-order valence-corrected chi connectivity index (χ2v) is 6.91. The highest BCUT2D eigenvalue weighted by Gasteiger charge is 2.73. The standard InChI is InChI=1S/C17H14ClNO6/c18-9-3-1-8(2-4-9)7-19-13(16(23)24)17-6-5-10(25-17)11(15(21)22)12(17)14(19)20/h1-6,10-13H,7H2,(H,21,22)(H,23,24). The van der Waals surface area contributed by atoms with Crippen molar-refractivity contribution in [1.29, 1.82) is 0 Å². The van der Waals surface area contributed by atoms with Gasteiger partial charge in [0.1, 0.15) is 11.5 Å². The van der Waals surface area contributed by atoms with Crippen LogP contribution in [0.2, 0.25) is 5.02 Å². The van der Waals surface area contributed by atoms with Crippen LogP contribution in [0.5, 0.6) is 0 Å². The fourth-order valence-electron chi connectivity index (χ4n) is 4.19. The Bertz CT molecular complexity index is 806. The highest BCUT2D eigenvalue weighted by molar-refractivity contribution is 6.30. The summed E-state index contributed by atoms with van der Waals surface area (Å²) in [6, 6.07) is 5.42. The van der Waals surface area contributed by atoms with Crippen LogP contribution in [-0.2, 0) is 25.7 Å². The number of likely N-dealkylation sites (tertiary alicyclic amines) is 1. The number of hydrogen-bond donors (Lipinski definition) is 2. The van der Waals surface area contributed by atoms with Crippen LogP contribution in [0.25, 0.3) is 0 Å². The lowest BCUT2D eigenvalue weighted by Gasteiger charge is -2.29. The largest absolute Gasteiger partial charge is 0.481 e.